The van der Waals surface area contributed by atoms with E-state index < -0.39 is 11.9 Å². The largest absolute Gasteiger partial charge is 0.434 e. The molecule has 0 bridgehead atoms. The van der Waals surface area contributed by atoms with Crippen molar-refractivity contribution in [3.05, 3.63) is 46.3 Å². The van der Waals surface area contributed by atoms with Crippen LogP contribution in [0.3, 0.4) is 0 Å². The van der Waals surface area contributed by atoms with E-state index in [0.717, 1.165) is 28.2 Å². The van der Waals surface area contributed by atoms with E-state index in [0.29, 0.717) is 43.4 Å². The number of guanidine groups is 1. The predicted molar refractivity (Wildman–Crippen MR) is 117 cm³/mol. The van der Waals surface area contributed by atoms with Gasteiger partial charge in [-0.25, -0.2) is 4.98 Å². The zero-order chi connectivity index (χ0) is 20.0. The van der Waals surface area contributed by atoms with Gasteiger partial charge in [0.1, 0.15) is 5.82 Å². The van der Waals surface area contributed by atoms with E-state index in [1.165, 1.54) is 0 Å². The van der Waals surface area contributed by atoms with Crippen molar-refractivity contribution in [2.24, 2.45) is 4.99 Å². The molecule has 0 atom stereocenters. The first-order chi connectivity index (χ1) is 13.5. The first kappa shape index (κ1) is 23.3. The van der Waals surface area contributed by atoms with Gasteiger partial charge in [0.25, 0.3) is 0 Å². The SMILES string of the molecule is CCNC(=NCCc1nc(C(F)(F)F)cs1)NCCc1nnc2ccccn12.I. The lowest BCUT2D eigenvalue weighted by Crippen LogP contribution is -2.38. The van der Waals surface area contributed by atoms with E-state index in [2.05, 4.69) is 30.8 Å². The van der Waals surface area contributed by atoms with Crippen molar-refractivity contribution in [3.8, 4) is 0 Å². The number of nitrogens with one attached hydrogen (secondary N) is 2. The fourth-order valence-electron chi connectivity index (χ4n) is 2.52. The second-order valence-corrected chi connectivity index (χ2v) is 6.80. The normalized spacial score (nSPS) is 12.1. The van der Waals surface area contributed by atoms with Crippen LogP contribution in [0.4, 0.5) is 13.2 Å². The molecule has 0 aromatic carbocycles. The maximum Gasteiger partial charge on any atom is 0.434 e. The Kier molecular flexibility index (Phi) is 8.61. The molecule has 158 valence electrons. The van der Waals surface area contributed by atoms with Crippen LogP contribution in [0.15, 0.2) is 34.8 Å². The van der Waals surface area contributed by atoms with Gasteiger partial charge in [-0.15, -0.1) is 45.5 Å². The van der Waals surface area contributed by atoms with Gasteiger partial charge < -0.3 is 10.6 Å². The summed E-state index contributed by atoms with van der Waals surface area (Å²) in [5, 5.41) is 16.1. The van der Waals surface area contributed by atoms with Crippen molar-refractivity contribution < 1.29 is 13.2 Å². The van der Waals surface area contributed by atoms with Crippen LogP contribution in [0.25, 0.3) is 5.65 Å². The Hall–Kier alpha value is -1.96. The zero-order valence-corrected chi connectivity index (χ0v) is 18.8. The second kappa shape index (κ2) is 10.7. The first-order valence-electron chi connectivity index (χ1n) is 8.80. The molecule has 29 heavy (non-hydrogen) atoms. The molecule has 0 aliphatic carbocycles. The van der Waals surface area contributed by atoms with Gasteiger partial charge in [-0.05, 0) is 19.1 Å². The third-order valence-electron chi connectivity index (χ3n) is 3.81. The molecule has 0 spiro atoms. The molecule has 0 amide bonds. The number of halogens is 4. The van der Waals surface area contributed by atoms with Gasteiger partial charge in [0.15, 0.2) is 17.3 Å². The van der Waals surface area contributed by atoms with Gasteiger partial charge in [-0.3, -0.25) is 9.39 Å². The van der Waals surface area contributed by atoms with Crippen molar-refractivity contribution in [3.63, 3.8) is 0 Å². The maximum absolute atomic E-state index is 12.6. The summed E-state index contributed by atoms with van der Waals surface area (Å²) in [6, 6.07) is 5.71. The van der Waals surface area contributed by atoms with E-state index >= 15 is 0 Å². The molecule has 0 unspecified atom stereocenters. The van der Waals surface area contributed by atoms with Crippen LogP contribution in [0.5, 0.6) is 0 Å². The van der Waals surface area contributed by atoms with Crippen molar-refractivity contribution >= 4 is 46.9 Å². The molecule has 0 fully saturated rings. The Balaban J connectivity index is 0.00000300. The number of hydrogen-bond acceptors (Lipinski definition) is 5. The number of aliphatic imine (C=N–C) groups is 1. The summed E-state index contributed by atoms with van der Waals surface area (Å²) in [6.07, 6.45) is -1.49. The van der Waals surface area contributed by atoms with E-state index in [4.69, 9.17) is 0 Å². The Bertz CT molecular complexity index is 938. The molecular formula is C17H21F3IN7S. The summed E-state index contributed by atoms with van der Waals surface area (Å²) < 4.78 is 39.7. The summed E-state index contributed by atoms with van der Waals surface area (Å²) in [7, 11) is 0. The number of rotatable bonds is 7. The lowest BCUT2D eigenvalue weighted by molar-refractivity contribution is -0.140. The fourth-order valence-corrected chi connectivity index (χ4v) is 3.31. The van der Waals surface area contributed by atoms with Crippen LogP contribution in [-0.4, -0.2) is 45.2 Å². The average Bonchev–Trinajstić information content (AvgIpc) is 3.29. The monoisotopic (exact) mass is 539 g/mol. The smallest absolute Gasteiger partial charge is 0.357 e. The van der Waals surface area contributed by atoms with Crippen LogP contribution < -0.4 is 10.6 Å². The topological polar surface area (TPSA) is 79.5 Å². The fraction of sp³-hybridized carbons (Fsp3) is 0.412. The molecule has 0 saturated heterocycles. The third-order valence-corrected chi connectivity index (χ3v) is 4.72. The molecular weight excluding hydrogens is 518 g/mol. The zero-order valence-electron chi connectivity index (χ0n) is 15.6. The van der Waals surface area contributed by atoms with Crippen LogP contribution in [0, 0.1) is 0 Å². The van der Waals surface area contributed by atoms with Crippen molar-refractivity contribution in [1.29, 1.82) is 0 Å². The molecule has 3 aromatic heterocycles. The Morgan fingerprint density at radius 3 is 2.76 bits per heavy atom. The summed E-state index contributed by atoms with van der Waals surface area (Å²) >= 11 is 1.000. The predicted octanol–water partition coefficient (Wildman–Crippen LogP) is 3.16. The number of thiazole rings is 1. The summed E-state index contributed by atoms with van der Waals surface area (Å²) in [5.41, 5.74) is -0.0539. The van der Waals surface area contributed by atoms with E-state index in [1.54, 1.807) is 0 Å². The van der Waals surface area contributed by atoms with E-state index in [1.807, 2.05) is 35.7 Å². The Labute approximate surface area is 186 Å². The molecule has 0 aliphatic rings. The van der Waals surface area contributed by atoms with Crippen molar-refractivity contribution in [1.82, 2.24) is 30.2 Å². The Morgan fingerprint density at radius 1 is 1.21 bits per heavy atom. The number of hydrogen-bond donors (Lipinski definition) is 2. The van der Waals surface area contributed by atoms with Crippen molar-refractivity contribution in [2.45, 2.75) is 25.9 Å². The van der Waals surface area contributed by atoms with E-state index in [-0.39, 0.29) is 24.0 Å². The highest BCUT2D eigenvalue weighted by Crippen LogP contribution is 2.30. The summed E-state index contributed by atoms with van der Waals surface area (Å²) in [5.74, 6) is 1.44. The molecule has 12 heteroatoms. The van der Waals surface area contributed by atoms with Gasteiger partial charge in [-0.1, -0.05) is 6.07 Å². The van der Waals surface area contributed by atoms with E-state index in [9.17, 15) is 13.2 Å². The van der Waals surface area contributed by atoms with Crippen molar-refractivity contribution in [2.75, 3.05) is 19.6 Å². The molecule has 0 aliphatic heterocycles. The summed E-state index contributed by atoms with van der Waals surface area (Å²) in [6.45, 7) is 3.56. The van der Waals surface area contributed by atoms with Crippen LogP contribution >= 0.6 is 35.3 Å². The average molecular weight is 539 g/mol. The number of aromatic nitrogens is 4. The standard InChI is InChI=1S/C17H20F3N7S.HI/c1-2-21-16(23-9-7-15-24-12(11-28-15)17(18,19)20)22-8-6-14-26-25-13-5-3-4-10-27(13)14;/h3-5,10-11H,2,6-9H2,1H3,(H2,21,22,23);1H. The molecule has 0 radical (unpaired) electrons. The minimum absolute atomic E-state index is 0. The van der Waals surface area contributed by atoms with Gasteiger partial charge in [0.05, 0.1) is 5.01 Å². The minimum atomic E-state index is -4.40. The van der Waals surface area contributed by atoms with Crippen LogP contribution in [-0.2, 0) is 19.0 Å². The highest BCUT2D eigenvalue weighted by Gasteiger charge is 2.33. The summed E-state index contributed by atoms with van der Waals surface area (Å²) in [4.78, 5) is 8.01. The number of pyridine rings is 1. The van der Waals surface area contributed by atoms with Crippen LogP contribution in [0.1, 0.15) is 23.4 Å². The van der Waals surface area contributed by atoms with Gasteiger partial charge >= 0.3 is 6.18 Å². The Morgan fingerprint density at radius 2 is 2.03 bits per heavy atom. The molecule has 7 nitrogen and oxygen atoms in total. The quantitative estimate of drug-likeness (QED) is 0.274. The number of fused-ring (bicyclic) bond motifs is 1. The lowest BCUT2D eigenvalue weighted by Gasteiger charge is -2.10. The lowest BCUT2D eigenvalue weighted by atomic mass is 10.4. The first-order valence-corrected chi connectivity index (χ1v) is 9.67. The van der Waals surface area contributed by atoms with Gasteiger partial charge in [-0.2, -0.15) is 13.2 Å². The maximum atomic E-state index is 12.6. The number of alkyl halides is 3. The highest BCUT2D eigenvalue weighted by atomic mass is 127. The molecule has 0 saturated carbocycles. The molecule has 2 N–H and O–H groups in total. The van der Waals surface area contributed by atoms with Gasteiger partial charge in [0.2, 0.25) is 0 Å². The molecule has 3 rings (SSSR count). The number of nitrogens with zero attached hydrogens (tertiary/aromatic N) is 5. The highest BCUT2D eigenvalue weighted by molar-refractivity contribution is 14.0. The molecule has 3 heterocycles. The minimum Gasteiger partial charge on any atom is -0.357 e. The van der Waals surface area contributed by atoms with Crippen LogP contribution in [0.2, 0.25) is 0 Å². The second-order valence-electron chi connectivity index (χ2n) is 5.86. The van der Waals surface area contributed by atoms with Gasteiger partial charge in [0, 0.05) is 44.1 Å². The third kappa shape index (κ3) is 6.52. The molecule has 3 aromatic rings.